The largest absolute Gasteiger partial charge is 0.478 e. The van der Waals surface area contributed by atoms with Crippen molar-refractivity contribution in [3.8, 4) is 0 Å². The Hall–Kier alpha value is -1.40. The van der Waals surface area contributed by atoms with Crippen LogP contribution in [0.25, 0.3) is 0 Å². The lowest BCUT2D eigenvalue weighted by Gasteiger charge is -2.26. The van der Waals surface area contributed by atoms with Gasteiger partial charge in [-0.25, -0.2) is 9.59 Å². The van der Waals surface area contributed by atoms with Crippen LogP contribution in [0.3, 0.4) is 0 Å². The van der Waals surface area contributed by atoms with Crippen molar-refractivity contribution < 1.29 is 24.2 Å². The topological polar surface area (TPSA) is 76.1 Å². The number of carbonyl (C=O) groups is 2. The molecule has 0 aliphatic carbocycles. The van der Waals surface area contributed by atoms with Gasteiger partial charge in [-0.2, -0.15) is 0 Å². The molecule has 1 unspecified atom stereocenters. The van der Waals surface area contributed by atoms with Crippen LogP contribution in [0, 0.1) is 0 Å². The van der Waals surface area contributed by atoms with Gasteiger partial charge in [0.25, 0.3) is 0 Å². The van der Waals surface area contributed by atoms with Gasteiger partial charge in [-0.05, 0) is 32.7 Å². The third kappa shape index (κ3) is 8.71. The van der Waals surface area contributed by atoms with Gasteiger partial charge in [0.05, 0.1) is 19.3 Å². The molecular formula is C17H29NO5. The average molecular weight is 327 g/mol. The number of ether oxygens (including phenoxy) is 2. The van der Waals surface area contributed by atoms with Crippen LogP contribution in [-0.4, -0.2) is 60.9 Å². The minimum Gasteiger partial charge on any atom is -0.478 e. The minimum atomic E-state index is -1.11. The first-order chi connectivity index (χ1) is 11.0. The number of aliphatic carboxylic acids is 1. The van der Waals surface area contributed by atoms with Crippen molar-refractivity contribution in [1.29, 1.82) is 0 Å². The van der Waals surface area contributed by atoms with Crippen LogP contribution < -0.4 is 0 Å². The van der Waals surface area contributed by atoms with E-state index in [0.717, 1.165) is 64.6 Å². The van der Waals surface area contributed by atoms with Crippen LogP contribution in [0.4, 0.5) is 0 Å². The van der Waals surface area contributed by atoms with Gasteiger partial charge in [-0.15, -0.1) is 0 Å². The smallest absolute Gasteiger partial charge is 0.334 e. The Kier molecular flexibility index (Phi) is 9.55. The monoisotopic (exact) mass is 327 g/mol. The van der Waals surface area contributed by atoms with Crippen LogP contribution in [-0.2, 0) is 19.1 Å². The predicted molar refractivity (Wildman–Crippen MR) is 87.3 cm³/mol. The van der Waals surface area contributed by atoms with E-state index in [-0.39, 0.29) is 11.7 Å². The lowest BCUT2D eigenvalue weighted by atomic mass is 10.1. The molecule has 1 rings (SSSR count). The molecule has 1 aliphatic heterocycles. The number of carboxylic acids is 1. The second kappa shape index (κ2) is 11.2. The van der Waals surface area contributed by atoms with E-state index < -0.39 is 11.9 Å². The van der Waals surface area contributed by atoms with E-state index >= 15 is 0 Å². The van der Waals surface area contributed by atoms with Crippen LogP contribution >= 0.6 is 0 Å². The molecule has 0 aromatic carbocycles. The Labute approximate surface area is 138 Å². The summed E-state index contributed by atoms with van der Waals surface area (Å²) in [6, 6.07) is 0. The van der Waals surface area contributed by atoms with Crippen LogP contribution in [0.1, 0.15) is 46.0 Å². The highest BCUT2D eigenvalue weighted by molar-refractivity contribution is 5.95. The number of unbranched alkanes of at least 4 members (excludes halogenated alkanes) is 1. The van der Waals surface area contributed by atoms with E-state index in [1.807, 2.05) is 6.92 Å². The highest BCUT2D eigenvalue weighted by Crippen LogP contribution is 2.13. The maximum Gasteiger partial charge on any atom is 0.334 e. The predicted octanol–water partition coefficient (Wildman–Crippen LogP) is 2.23. The second-order valence-corrected chi connectivity index (χ2v) is 5.92. The summed E-state index contributed by atoms with van der Waals surface area (Å²) in [5.41, 5.74) is 0.245. The number of nitrogens with zero attached hydrogens (tertiary/aromatic N) is 1. The van der Waals surface area contributed by atoms with Crippen molar-refractivity contribution in [3.05, 3.63) is 11.6 Å². The molecule has 1 aliphatic rings. The minimum absolute atomic E-state index is 0.182. The lowest BCUT2D eigenvalue weighted by molar-refractivity contribution is -0.144. The van der Waals surface area contributed by atoms with Crippen LogP contribution in [0.15, 0.2) is 11.6 Å². The Morgan fingerprint density at radius 1 is 1.30 bits per heavy atom. The first kappa shape index (κ1) is 19.6. The van der Waals surface area contributed by atoms with Gasteiger partial charge in [0.1, 0.15) is 0 Å². The van der Waals surface area contributed by atoms with E-state index in [2.05, 4.69) is 11.8 Å². The number of carbonyl (C=O) groups excluding carboxylic acids is 1. The summed E-state index contributed by atoms with van der Waals surface area (Å²) in [6.45, 7) is 7.99. The van der Waals surface area contributed by atoms with Gasteiger partial charge in [0.15, 0.2) is 0 Å². The van der Waals surface area contributed by atoms with Gasteiger partial charge in [-0.3, -0.25) is 4.90 Å². The zero-order valence-electron chi connectivity index (χ0n) is 14.3. The number of morpholine rings is 1. The molecule has 0 radical (unpaired) electrons. The van der Waals surface area contributed by atoms with Crippen molar-refractivity contribution in [2.24, 2.45) is 0 Å². The Morgan fingerprint density at radius 3 is 2.61 bits per heavy atom. The molecule has 0 spiro atoms. The standard InChI is InChI=1S/C17H29NO5/c1-3-4-6-14(2)23-17(21)15(13-16(19)20)7-5-8-18-9-11-22-12-10-18/h13-14H,3-12H2,1-2H3,(H,19,20)/b15-13+. The first-order valence-electron chi connectivity index (χ1n) is 8.47. The molecule has 0 amide bonds. The molecule has 132 valence electrons. The summed E-state index contributed by atoms with van der Waals surface area (Å²) in [4.78, 5) is 25.3. The third-order valence-electron chi connectivity index (χ3n) is 3.86. The fourth-order valence-electron chi connectivity index (χ4n) is 2.51. The number of esters is 1. The Morgan fingerprint density at radius 2 is 2.00 bits per heavy atom. The van der Waals surface area contributed by atoms with E-state index in [1.165, 1.54) is 0 Å². The summed E-state index contributed by atoms with van der Waals surface area (Å²) >= 11 is 0. The number of hydrogen-bond acceptors (Lipinski definition) is 5. The van der Waals surface area contributed by atoms with E-state index in [9.17, 15) is 9.59 Å². The van der Waals surface area contributed by atoms with Gasteiger partial charge in [0, 0.05) is 24.7 Å². The van der Waals surface area contributed by atoms with E-state index in [1.54, 1.807) is 0 Å². The molecular weight excluding hydrogens is 298 g/mol. The number of carboxylic acid groups (broad SMARTS) is 1. The fourth-order valence-corrected chi connectivity index (χ4v) is 2.51. The van der Waals surface area contributed by atoms with Crippen molar-refractivity contribution in [2.75, 3.05) is 32.8 Å². The molecule has 0 aromatic rings. The molecule has 6 nitrogen and oxygen atoms in total. The molecule has 0 bridgehead atoms. The van der Waals surface area contributed by atoms with Gasteiger partial charge in [-0.1, -0.05) is 19.8 Å². The molecule has 1 N–H and O–H groups in total. The maximum absolute atomic E-state index is 12.1. The van der Waals surface area contributed by atoms with Gasteiger partial charge < -0.3 is 14.6 Å². The van der Waals surface area contributed by atoms with Crippen molar-refractivity contribution in [2.45, 2.75) is 52.1 Å². The first-order valence-corrected chi connectivity index (χ1v) is 8.47. The van der Waals surface area contributed by atoms with E-state index in [0.29, 0.717) is 6.42 Å². The molecule has 0 aromatic heterocycles. The third-order valence-corrected chi connectivity index (χ3v) is 3.86. The molecule has 6 heteroatoms. The molecule has 1 saturated heterocycles. The van der Waals surface area contributed by atoms with Gasteiger partial charge in [0.2, 0.25) is 0 Å². The summed E-state index contributed by atoms with van der Waals surface area (Å²) < 4.78 is 10.6. The highest BCUT2D eigenvalue weighted by atomic mass is 16.5. The maximum atomic E-state index is 12.1. The average Bonchev–Trinajstić information content (AvgIpc) is 2.52. The number of hydrogen-bond donors (Lipinski definition) is 1. The number of rotatable bonds is 10. The summed E-state index contributed by atoms with van der Waals surface area (Å²) in [5, 5.41) is 8.95. The van der Waals surface area contributed by atoms with Crippen molar-refractivity contribution >= 4 is 11.9 Å². The quantitative estimate of drug-likeness (QED) is 0.490. The highest BCUT2D eigenvalue weighted by Gasteiger charge is 2.17. The van der Waals surface area contributed by atoms with Crippen molar-refractivity contribution in [1.82, 2.24) is 4.90 Å². The molecule has 1 heterocycles. The lowest BCUT2D eigenvalue weighted by Crippen LogP contribution is -2.36. The van der Waals surface area contributed by atoms with Gasteiger partial charge >= 0.3 is 11.9 Å². The molecule has 23 heavy (non-hydrogen) atoms. The molecule has 1 fully saturated rings. The zero-order valence-corrected chi connectivity index (χ0v) is 14.3. The summed E-state index contributed by atoms with van der Waals surface area (Å²) in [7, 11) is 0. The zero-order chi connectivity index (χ0) is 17.1. The Bertz CT molecular complexity index is 402. The molecule has 1 atom stereocenters. The van der Waals surface area contributed by atoms with Crippen molar-refractivity contribution in [3.63, 3.8) is 0 Å². The van der Waals surface area contributed by atoms with Crippen LogP contribution in [0.2, 0.25) is 0 Å². The van der Waals surface area contributed by atoms with E-state index in [4.69, 9.17) is 14.6 Å². The SMILES string of the molecule is CCCCC(C)OC(=O)/C(=C/C(=O)O)CCCN1CCOCC1. The normalized spacial score (nSPS) is 17.7. The fraction of sp³-hybridized carbons (Fsp3) is 0.765. The summed E-state index contributed by atoms with van der Waals surface area (Å²) in [6.07, 6.45) is 4.78. The van der Waals surface area contributed by atoms with Crippen LogP contribution in [0.5, 0.6) is 0 Å². The second-order valence-electron chi connectivity index (χ2n) is 5.92. The molecule has 0 saturated carbocycles. The summed E-state index contributed by atoms with van der Waals surface area (Å²) in [5.74, 6) is -1.61. The Balaban J connectivity index is 2.44.